The Bertz CT molecular complexity index is 1270. The molecule has 0 bridgehead atoms. The number of imidazole rings is 1. The van der Waals surface area contributed by atoms with Gasteiger partial charge >= 0.3 is 12.1 Å². The first kappa shape index (κ1) is 20.2. The zero-order chi connectivity index (χ0) is 21.6. The second-order valence-corrected chi connectivity index (χ2v) is 8.18. The van der Waals surface area contributed by atoms with E-state index in [0.29, 0.717) is 23.5 Å². The maximum atomic E-state index is 13.0. The van der Waals surface area contributed by atoms with E-state index in [1.54, 1.807) is 24.6 Å². The lowest BCUT2D eigenvalue weighted by atomic mass is 10.1. The summed E-state index contributed by atoms with van der Waals surface area (Å²) in [6.07, 6.45) is -4.00. The van der Waals surface area contributed by atoms with E-state index in [2.05, 4.69) is 4.98 Å². The topological polar surface area (TPSA) is 55.1 Å². The van der Waals surface area contributed by atoms with Gasteiger partial charge in [0, 0.05) is 28.6 Å². The largest absolute Gasteiger partial charge is 0.477 e. The van der Waals surface area contributed by atoms with Crippen molar-refractivity contribution in [2.24, 2.45) is 7.05 Å². The Hall–Kier alpha value is -3.13. The number of aromatic carboxylic acids is 1. The van der Waals surface area contributed by atoms with E-state index >= 15 is 0 Å². The molecule has 2 aromatic carbocycles. The van der Waals surface area contributed by atoms with Gasteiger partial charge in [-0.05, 0) is 36.1 Å². The van der Waals surface area contributed by atoms with Gasteiger partial charge in [0.1, 0.15) is 11.5 Å². The molecule has 1 N–H and O–H groups in total. The van der Waals surface area contributed by atoms with Crippen LogP contribution in [0.3, 0.4) is 0 Å². The molecule has 0 aliphatic carbocycles. The summed E-state index contributed by atoms with van der Waals surface area (Å²) in [6.45, 7) is 1.65. The first-order valence-electron chi connectivity index (χ1n) is 9.09. The first-order valence-corrected chi connectivity index (χ1v) is 9.91. The number of hydrogen-bond acceptors (Lipinski definition) is 3. The second kappa shape index (κ2) is 7.28. The van der Waals surface area contributed by atoms with Crippen molar-refractivity contribution in [2.75, 3.05) is 0 Å². The number of fused-ring (bicyclic) bond motifs is 1. The van der Waals surface area contributed by atoms with Crippen molar-refractivity contribution in [1.29, 1.82) is 0 Å². The molecular weight excluding hydrogens is 413 g/mol. The van der Waals surface area contributed by atoms with Gasteiger partial charge in [0.25, 0.3) is 0 Å². The van der Waals surface area contributed by atoms with Crippen molar-refractivity contribution < 1.29 is 23.1 Å². The number of nitrogens with zero attached hydrogens (tertiary/aromatic N) is 2. The molecule has 4 nitrogen and oxygen atoms in total. The molecule has 4 aromatic rings. The predicted octanol–water partition coefficient (Wildman–Crippen LogP) is 5.92. The molecule has 0 radical (unpaired) electrons. The van der Waals surface area contributed by atoms with Crippen LogP contribution in [0.5, 0.6) is 0 Å². The van der Waals surface area contributed by atoms with E-state index in [9.17, 15) is 23.1 Å². The Kier molecular flexibility index (Phi) is 4.89. The number of alkyl halides is 3. The number of carboxylic acids is 1. The quantitative estimate of drug-likeness (QED) is 0.437. The van der Waals surface area contributed by atoms with Crippen LogP contribution in [0.2, 0.25) is 0 Å². The highest BCUT2D eigenvalue weighted by Gasteiger charge is 2.30. The van der Waals surface area contributed by atoms with Crippen LogP contribution < -0.4 is 0 Å². The molecule has 0 saturated heterocycles. The molecule has 0 atom stereocenters. The second-order valence-electron chi connectivity index (χ2n) is 7.05. The molecule has 0 fully saturated rings. The molecule has 4 rings (SSSR count). The van der Waals surface area contributed by atoms with Crippen molar-refractivity contribution >= 4 is 27.4 Å². The van der Waals surface area contributed by atoms with Crippen LogP contribution in [0, 0.1) is 6.92 Å². The molecule has 2 heterocycles. The minimum atomic E-state index is -4.37. The van der Waals surface area contributed by atoms with Crippen molar-refractivity contribution in [3.05, 3.63) is 75.9 Å². The summed E-state index contributed by atoms with van der Waals surface area (Å²) in [7, 11) is 1.66. The van der Waals surface area contributed by atoms with E-state index in [1.807, 2.05) is 24.3 Å². The number of aryl methyl sites for hydroxylation is 1. The van der Waals surface area contributed by atoms with Crippen LogP contribution in [0.25, 0.3) is 21.5 Å². The highest BCUT2D eigenvalue weighted by Crippen LogP contribution is 2.36. The zero-order valence-electron chi connectivity index (χ0n) is 16.1. The Morgan fingerprint density at radius 2 is 1.90 bits per heavy atom. The Balaban J connectivity index is 1.76. The molecule has 30 heavy (non-hydrogen) atoms. The monoisotopic (exact) mass is 430 g/mol. The number of halogens is 3. The maximum absolute atomic E-state index is 13.0. The van der Waals surface area contributed by atoms with Gasteiger partial charge < -0.3 is 9.67 Å². The normalized spacial score (nSPS) is 11.9. The Labute approximate surface area is 174 Å². The third-order valence-electron chi connectivity index (χ3n) is 4.94. The maximum Gasteiger partial charge on any atom is 0.416 e. The third kappa shape index (κ3) is 3.59. The fourth-order valence-electron chi connectivity index (χ4n) is 3.61. The summed E-state index contributed by atoms with van der Waals surface area (Å²) in [5.41, 5.74) is 1.27. The molecule has 0 amide bonds. The fourth-order valence-corrected chi connectivity index (χ4v) is 4.81. The highest BCUT2D eigenvalue weighted by molar-refractivity contribution is 7.19. The molecular formula is C22H17F3N2O2S. The molecule has 154 valence electrons. The molecule has 8 heteroatoms. The fraction of sp³-hybridized carbons (Fsp3) is 0.182. The number of rotatable bonds is 4. The van der Waals surface area contributed by atoms with E-state index in [1.165, 1.54) is 23.5 Å². The standard InChI is InChI=1S/C22H17F3N2O2S/c1-12-18(21(28)29)27(2)20(26-12)17-8-4-6-14-11-16(30-19(14)17)10-13-5-3-7-15(9-13)22(23,24)25/h3-9,11H,10H2,1-2H3,(H,28,29). The van der Waals surface area contributed by atoms with Gasteiger partial charge in [0.2, 0.25) is 0 Å². The smallest absolute Gasteiger partial charge is 0.416 e. The van der Waals surface area contributed by atoms with Gasteiger partial charge in [-0.3, -0.25) is 0 Å². The Morgan fingerprint density at radius 3 is 2.57 bits per heavy atom. The lowest BCUT2D eigenvalue weighted by Gasteiger charge is -2.08. The van der Waals surface area contributed by atoms with Crippen molar-refractivity contribution in [3.8, 4) is 11.4 Å². The van der Waals surface area contributed by atoms with E-state index in [-0.39, 0.29) is 5.69 Å². The van der Waals surface area contributed by atoms with Gasteiger partial charge in [-0.15, -0.1) is 11.3 Å². The van der Waals surface area contributed by atoms with E-state index in [4.69, 9.17) is 0 Å². The van der Waals surface area contributed by atoms with Crippen LogP contribution in [0.15, 0.2) is 48.5 Å². The Morgan fingerprint density at radius 1 is 1.17 bits per heavy atom. The molecule has 0 aliphatic heterocycles. The number of carboxylic acid groups (broad SMARTS) is 1. The summed E-state index contributed by atoms with van der Waals surface area (Å²) in [6, 6.07) is 13.0. The predicted molar refractivity (Wildman–Crippen MR) is 110 cm³/mol. The van der Waals surface area contributed by atoms with Gasteiger partial charge in [-0.2, -0.15) is 13.2 Å². The first-order chi connectivity index (χ1) is 14.1. The molecule has 0 spiro atoms. The summed E-state index contributed by atoms with van der Waals surface area (Å²) in [4.78, 5) is 16.9. The summed E-state index contributed by atoms with van der Waals surface area (Å²) >= 11 is 1.48. The number of benzene rings is 2. The van der Waals surface area contributed by atoms with Gasteiger partial charge in [0.15, 0.2) is 0 Å². The minimum Gasteiger partial charge on any atom is -0.477 e. The summed E-state index contributed by atoms with van der Waals surface area (Å²) in [5.74, 6) is -0.500. The molecule has 0 saturated carbocycles. The van der Waals surface area contributed by atoms with Crippen LogP contribution in [-0.2, 0) is 19.6 Å². The van der Waals surface area contributed by atoms with Gasteiger partial charge in [0.05, 0.1) is 11.3 Å². The number of aromatic nitrogens is 2. The summed E-state index contributed by atoms with van der Waals surface area (Å²) < 4.78 is 41.5. The van der Waals surface area contributed by atoms with Crippen molar-refractivity contribution in [2.45, 2.75) is 19.5 Å². The van der Waals surface area contributed by atoms with E-state index in [0.717, 1.165) is 26.6 Å². The van der Waals surface area contributed by atoms with Crippen LogP contribution >= 0.6 is 11.3 Å². The van der Waals surface area contributed by atoms with Crippen molar-refractivity contribution in [3.63, 3.8) is 0 Å². The molecule has 0 unspecified atom stereocenters. The lowest BCUT2D eigenvalue weighted by molar-refractivity contribution is -0.137. The number of thiophene rings is 1. The SMILES string of the molecule is Cc1nc(-c2cccc3cc(Cc4cccc(C(F)(F)F)c4)sc23)n(C)c1C(=O)O. The number of hydrogen-bond donors (Lipinski definition) is 1. The van der Waals surface area contributed by atoms with Gasteiger partial charge in [-0.1, -0.05) is 30.3 Å². The van der Waals surface area contributed by atoms with Crippen molar-refractivity contribution in [1.82, 2.24) is 9.55 Å². The molecule has 0 aliphatic rings. The summed E-state index contributed by atoms with van der Waals surface area (Å²) in [5, 5.41) is 10.4. The lowest BCUT2D eigenvalue weighted by Crippen LogP contribution is -2.06. The highest BCUT2D eigenvalue weighted by atomic mass is 32.1. The van der Waals surface area contributed by atoms with Crippen LogP contribution in [0.4, 0.5) is 13.2 Å². The average Bonchev–Trinajstić information content (AvgIpc) is 3.20. The van der Waals surface area contributed by atoms with E-state index < -0.39 is 17.7 Å². The third-order valence-corrected chi connectivity index (χ3v) is 6.12. The minimum absolute atomic E-state index is 0.128. The van der Waals surface area contributed by atoms with Crippen LogP contribution in [-0.4, -0.2) is 20.6 Å². The molecule has 2 aromatic heterocycles. The van der Waals surface area contributed by atoms with Gasteiger partial charge in [-0.25, -0.2) is 9.78 Å². The average molecular weight is 430 g/mol. The van der Waals surface area contributed by atoms with Crippen LogP contribution in [0.1, 0.15) is 32.2 Å². The number of carbonyl (C=O) groups is 1. The zero-order valence-corrected chi connectivity index (χ0v) is 16.9.